The third-order valence-electron chi connectivity index (χ3n) is 7.83. The first kappa shape index (κ1) is 29.2. The minimum Gasteiger partial charge on any atom is -0.351 e. The Balaban J connectivity index is 1.34. The molecule has 1 fully saturated rings. The van der Waals surface area contributed by atoms with Crippen molar-refractivity contribution in [1.82, 2.24) is 24.5 Å². The van der Waals surface area contributed by atoms with E-state index in [-0.39, 0.29) is 37.0 Å². The van der Waals surface area contributed by atoms with Crippen LogP contribution in [0.3, 0.4) is 0 Å². The third-order valence-corrected chi connectivity index (χ3v) is 9.77. The largest absolute Gasteiger partial charge is 0.351 e. The Morgan fingerprint density at radius 3 is 2.18 bits per heavy atom. The maximum atomic E-state index is 14.3. The number of carbonyl (C=O) groups excluding carboxylic acids is 2. The van der Waals surface area contributed by atoms with E-state index in [1.807, 2.05) is 66.7 Å². The number of hydrogen-bond acceptors (Lipinski definition) is 6. The van der Waals surface area contributed by atoms with Crippen molar-refractivity contribution in [2.75, 3.05) is 19.6 Å². The van der Waals surface area contributed by atoms with Crippen molar-refractivity contribution in [2.45, 2.75) is 23.4 Å². The van der Waals surface area contributed by atoms with Crippen molar-refractivity contribution in [3.8, 4) is 0 Å². The van der Waals surface area contributed by atoms with Crippen LogP contribution in [0.4, 0.5) is 0 Å². The number of fused-ring (bicyclic) bond motifs is 1. The molecule has 1 aliphatic rings. The summed E-state index contributed by atoms with van der Waals surface area (Å²) in [7, 11) is -4.18. The molecule has 0 spiro atoms. The lowest BCUT2D eigenvalue weighted by atomic mass is 9.89. The molecule has 9 nitrogen and oxygen atoms in total. The molecule has 1 unspecified atom stereocenters. The van der Waals surface area contributed by atoms with Gasteiger partial charge in [-0.1, -0.05) is 84.9 Å². The van der Waals surface area contributed by atoms with Crippen LogP contribution in [0, 0.1) is 0 Å². The first-order valence-electron chi connectivity index (χ1n) is 14.3. The summed E-state index contributed by atoms with van der Waals surface area (Å²) in [5.74, 6) is -1.31. The third kappa shape index (κ3) is 5.95. The van der Waals surface area contributed by atoms with Crippen LogP contribution in [0.2, 0.25) is 0 Å². The first-order valence-corrected chi connectivity index (χ1v) is 15.8. The van der Waals surface area contributed by atoms with Gasteiger partial charge in [-0.2, -0.15) is 4.31 Å². The van der Waals surface area contributed by atoms with Crippen molar-refractivity contribution in [1.29, 1.82) is 0 Å². The van der Waals surface area contributed by atoms with Crippen LogP contribution in [-0.2, 0) is 26.2 Å². The predicted octanol–water partition coefficient (Wildman–Crippen LogP) is 3.98. The van der Waals surface area contributed by atoms with E-state index in [0.29, 0.717) is 10.9 Å². The molecule has 2 aromatic heterocycles. The molecule has 0 radical (unpaired) electrons. The topological polar surface area (TPSA) is 113 Å². The standard InChI is InChI=1S/C34H31N5O4S/c40-33(37-23-25-10-8-18-35-22-25)29-24-38(34(41)31(26-11-3-1-4-12-26)27-13-5-2-6-14-27)20-21-39(29)44(42,43)30-17-7-15-28-16-9-19-36-32(28)30/h1-19,22,29,31H,20-21,23-24H2,(H,37,40). The Kier molecular flexibility index (Phi) is 8.44. The van der Waals surface area contributed by atoms with Gasteiger partial charge in [0.15, 0.2) is 0 Å². The average molecular weight is 606 g/mol. The van der Waals surface area contributed by atoms with Gasteiger partial charge in [0.25, 0.3) is 0 Å². The number of para-hydroxylation sites is 1. The number of nitrogens with zero attached hydrogens (tertiary/aromatic N) is 4. The quantitative estimate of drug-likeness (QED) is 0.286. The summed E-state index contributed by atoms with van der Waals surface area (Å²) < 4.78 is 29.7. The van der Waals surface area contributed by atoms with Gasteiger partial charge in [0, 0.05) is 50.2 Å². The summed E-state index contributed by atoms with van der Waals surface area (Å²) in [5, 5.41) is 3.55. The highest BCUT2D eigenvalue weighted by molar-refractivity contribution is 7.89. The summed E-state index contributed by atoms with van der Waals surface area (Å²) in [5.41, 5.74) is 2.73. The highest BCUT2D eigenvalue weighted by atomic mass is 32.2. The second-order valence-corrected chi connectivity index (χ2v) is 12.4. The summed E-state index contributed by atoms with van der Waals surface area (Å²) >= 11 is 0. The molecule has 222 valence electrons. The van der Waals surface area contributed by atoms with E-state index in [2.05, 4.69) is 15.3 Å². The van der Waals surface area contributed by atoms with Crippen molar-refractivity contribution in [2.24, 2.45) is 0 Å². The number of amides is 2. The summed E-state index contributed by atoms with van der Waals surface area (Å²) in [6.45, 7) is 0.125. The summed E-state index contributed by atoms with van der Waals surface area (Å²) in [4.78, 5) is 38.1. The molecule has 2 amide bonds. The molecular formula is C34H31N5O4S. The van der Waals surface area contributed by atoms with E-state index in [0.717, 1.165) is 16.7 Å². The number of carbonyl (C=O) groups is 2. The number of benzene rings is 3. The number of nitrogens with one attached hydrogen (secondary N) is 1. The molecule has 3 aromatic carbocycles. The molecule has 6 rings (SSSR count). The number of rotatable bonds is 8. The number of hydrogen-bond donors (Lipinski definition) is 1. The van der Waals surface area contributed by atoms with Crippen LogP contribution in [0.15, 0.2) is 127 Å². The van der Waals surface area contributed by atoms with Gasteiger partial charge in [0.2, 0.25) is 21.8 Å². The SMILES string of the molecule is O=C(NCc1cccnc1)C1CN(C(=O)C(c2ccccc2)c2ccccc2)CCN1S(=O)(=O)c1cccc2cccnc12. The number of pyridine rings is 2. The van der Waals surface area contributed by atoms with Crippen molar-refractivity contribution >= 4 is 32.7 Å². The minimum absolute atomic E-state index is 0.0203. The van der Waals surface area contributed by atoms with Gasteiger partial charge in [-0.15, -0.1) is 0 Å². The van der Waals surface area contributed by atoms with Gasteiger partial charge in [-0.25, -0.2) is 8.42 Å². The van der Waals surface area contributed by atoms with Crippen LogP contribution < -0.4 is 5.32 Å². The molecule has 1 aliphatic heterocycles. The molecule has 0 aliphatic carbocycles. The number of sulfonamides is 1. The van der Waals surface area contributed by atoms with Gasteiger partial charge in [-0.05, 0) is 34.9 Å². The normalized spacial score (nSPS) is 15.8. The maximum absolute atomic E-state index is 14.3. The highest BCUT2D eigenvalue weighted by Gasteiger charge is 2.43. The van der Waals surface area contributed by atoms with E-state index >= 15 is 0 Å². The molecule has 0 bridgehead atoms. The van der Waals surface area contributed by atoms with E-state index in [4.69, 9.17) is 0 Å². The summed E-state index contributed by atoms with van der Waals surface area (Å²) in [6, 6.07) is 29.9. The van der Waals surface area contributed by atoms with Crippen LogP contribution in [0.5, 0.6) is 0 Å². The van der Waals surface area contributed by atoms with Gasteiger partial charge in [0.1, 0.15) is 10.9 Å². The Morgan fingerprint density at radius 1 is 0.818 bits per heavy atom. The molecule has 3 heterocycles. The van der Waals surface area contributed by atoms with Crippen molar-refractivity contribution < 1.29 is 18.0 Å². The Labute approximate surface area is 256 Å². The molecule has 1 N–H and O–H groups in total. The fourth-order valence-corrected chi connectivity index (χ4v) is 7.38. The van der Waals surface area contributed by atoms with Gasteiger partial charge < -0.3 is 10.2 Å². The van der Waals surface area contributed by atoms with Crippen LogP contribution in [0.1, 0.15) is 22.6 Å². The monoisotopic (exact) mass is 605 g/mol. The second kappa shape index (κ2) is 12.7. The molecule has 5 aromatic rings. The maximum Gasteiger partial charge on any atom is 0.246 e. The lowest BCUT2D eigenvalue weighted by Gasteiger charge is -2.41. The zero-order valence-electron chi connectivity index (χ0n) is 23.9. The van der Waals surface area contributed by atoms with E-state index < -0.39 is 27.9 Å². The zero-order valence-corrected chi connectivity index (χ0v) is 24.7. The molecule has 44 heavy (non-hydrogen) atoms. The fourth-order valence-electron chi connectivity index (χ4n) is 5.64. The van der Waals surface area contributed by atoms with E-state index in [1.54, 1.807) is 53.8 Å². The predicted molar refractivity (Wildman–Crippen MR) is 167 cm³/mol. The fraction of sp³-hybridized carbons (Fsp3) is 0.176. The molecular weight excluding hydrogens is 574 g/mol. The lowest BCUT2D eigenvalue weighted by Crippen LogP contribution is -2.61. The van der Waals surface area contributed by atoms with Gasteiger partial charge >= 0.3 is 0 Å². The van der Waals surface area contributed by atoms with Crippen LogP contribution in [0.25, 0.3) is 10.9 Å². The molecule has 10 heteroatoms. The molecule has 1 atom stereocenters. The van der Waals surface area contributed by atoms with Crippen molar-refractivity contribution in [3.05, 3.63) is 138 Å². The zero-order chi connectivity index (χ0) is 30.5. The van der Waals surface area contributed by atoms with E-state index in [9.17, 15) is 18.0 Å². The first-order chi connectivity index (χ1) is 21.4. The summed E-state index contributed by atoms with van der Waals surface area (Å²) in [6.07, 6.45) is 4.82. The molecule has 1 saturated heterocycles. The molecule has 0 saturated carbocycles. The van der Waals surface area contributed by atoms with Crippen molar-refractivity contribution in [3.63, 3.8) is 0 Å². The van der Waals surface area contributed by atoms with Gasteiger partial charge in [0.05, 0.1) is 11.4 Å². The van der Waals surface area contributed by atoms with E-state index in [1.165, 1.54) is 10.4 Å². The smallest absolute Gasteiger partial charge is 0.246 e. The Morgan fingerprint density at radius 2 is 1.50 bits per heavy atom. The number of piperazine rings is 1. The Hall–Kier alpha value is -4.93. The lowest BCUT2D eigenvalue weighted by molar-refractivity contribution is -0.136. The highest BCUT2D eigenvalue weighted by Crippen LogP contribution is 2.31. The average Bonchev–Trinajstić information content (AvgIpc) is 3.08. The minimum atomic E-state index is -4.18. The van der Waals surface area contributed by atoms with Gasteiger partial charge in [-0.3, -0.25) is 19.6 Å². The number of aromatic nitrogens is 2. The van der Waals surface area contributed by atoms with Crippen LogP contribution in [-0.4, -0.2) is 65.1 Å². The second-order valence-electron chi connectivity index (χ2n) is 10.6. The van der Waals surface area contributed by atoms with Crippen LogP contribution >= 0.6 is 0 Å². The Bertz CT molecular complexity index is 1830.